The number of epoxide rings is 1. The van der Waals surface area contributed by atoms with Gasteiger partial charge in [0.1, 0.15) is 6.10 Å². The van der Waals surface area contributed by atoms with Crippen LogP contribution in [0.2, 0.25) is 64.5 Å². The summed E-state index contributed by atoms with van der Waals surface area (Å²) >= 11 is 0. The van der Waals surface area contributed by atoms with Crippen LogP contribution in [0.15, 0.2) is 0 Å². The normalized spacial score (nSPS) is 16.3. The first-order chi connectivity index (χ1) is 16.1. The summed E-state index contributed by atoms with van der Waals surface area (Å²) < 4.78 is 37.1. The molecule has 0 saturated carbocycles. The van der Waals surface area contributed by atoms with Gasteiger partial charge in [-0.25, -0.2) is 0 Å². The number of hydrogen-bond acceptors (Lipinski definition) is 8. The minimum Gasteiger partial charge on any atom is -0.437 e. The second kappa shape index (κ2) is 23.9. The molecule has 1 saturated heterocycles. The maximum atomic E-state index is 9.61. The molecule has 0 amide bonds. The van der Waals surface area contributed by atoms with E-state index in [9.17, 15) is 10.2 Å². The minimum absolute atomic E-state index is 0. The monoisotopic (exact) mass is 666 g/mol. The third-order valence-corrected chi connectivity index (χ3v) is 20.9. The molecule has 1 rings (SSSR count). The highest BCUT2D eigenvalue weighted by molar-refractivity contribution is 6.89. The Balaban J connectivity index is -0.000000510. The average Bonchev–Trinajstić information content (AvgIpc) is 3.52. The Morgan fingerprint density at radius 3 is 1.66 bits per heavy atom. The quantitative estimate of drug-likeness (QED) is 0.0718. The summed E-state index contributed by atoms with van der Waals surface area (Å²) in [5.74, 6) is 0. The minimum atomic E-state index is -2.49. The number of rotatable bonds is 21. The van der Waals surface area contributed by atoms with Crippen LogP contribution in [0.5, 0.6) is 0 Å². The van der Waals surface area contributed by atoms with E-state index in [1.54, 1.807) is 0 Å². The molecular weight excluding hydrogens is 589 g/mol. The van der Waals surface area contributed by atoms with Gasteiger partial charge in [0, 0.05) is 18.6 Å². The molecule has 0 radical (unpaired) electrons. The molecule has 1 aliphatic rings. The maximum Gasteiger partial charge on any atom is 0.315 e. The number of aliphatic hydroxyl groups is 2. The first-order valence-electron chi connectivity index (χ1n) is 13.2. The van der Waals surface area contributed by atoms with Gasteiger partial charge in [-0.05, 0) is 83.7 Å². The van der Waals surface area contributed by atoms with Crippen molar-refractivity contribution >= 4 is 33.8 Å². The van der Waals surface area contributed by atoms with Crippen molar-refractivity contribution in [3.8, 4) is 0 Å². The van der Waals surface area contributed by atoms with E-state index in [1.807, 2.05) is 6.92 Å². The van der Waals surface area contributed by atoms with Gasteiger partial charge in [-0.15, -0.1) is 0 Å². The van der Waals surface area contributed by atoms with Crippen molar-refractivity contribution in [1.29, 1.82) is 0 Å². The Hall–Kier alpha value is 0.548. The molecule has 41 heavy (non-hydrogen) atoms. The van der Waals surface area contributed by atoms with E-state index in [4.69, 9.17) is 26.6 Å². The highest BCUT2D eigenvalue weighted by Gasteiger charge is 2.45. The van der Waals surface area contributed by atoms with Crippen molar-refractivity contribution in [1.82, 2.24) is 0 Å². The molecule has 0 aromatic heterocycles. The molecule has 2 atom stereocenters. The number of aliphatic hydroxyl groups excluding tert-OH is 2. The van der Waals surface area contributed by atoms with Crippen molar-refractivity contribution in [3.05, 3.63) is 0 Å². The molecule has 258 valence electrons. The third kappa shape index (κ3) is 24.5. The van der Waals surface area contributed by atoms with E-state index in [1.165, 1.54) is 0 Å². The smallest absolute Gasteiger partial charge is 0.315 e. The zero-order chi connectivity index (χ0) is 26.8. The Morgan fingerprint density at radius 1 is 0.732 bits per heavy atom. The summed E-state index contributed by atoms with van der Waals surface area (Å²) in [6.45, 7) is 22.6. The van der Waals surface area contributed by atoms with Crippen molar-refractivity contribution in [2.75, 3.05) is 46.2 Å². The Bertz CT molecular complexity index is 590. The summed E-state index contributed by atoms with van der Waals surface area (Å²) in [6.07, 6.45) is 2.76. The fraction of sp³-hybridized carbons (Fsp3) is 1.00. The zero-order valence-corrected chi connectivity index (χ0v) is 27.9. The van der Waals surface area contributed by atoms with Crippen molar-refractivity contribution < 1.29 is 36.8 Å². The first kappa shape index (κ1) is 54.1. The van der Waals surface area contributed by atoms with Gasteiger partial charge in [-0.2, -0.15) is 0 Å². The van der Waals surface area contributed by atoms with Gasteiger partial charge in [0.15, 0.2) is 16.6 Å². The van der Waals surface area contributed by atoms with E-state index in [0.29, 0.717) is 32.8 Å². The van der Waals surface area contributed by atoms with Crippen molar-refractivity contribution in [3.63, 3.8) is 0 Å². The second-order valence-corrected chi connectivity index (χ2v) is 28.4. The highest BCUT2D eigenvalue weighted by atomic mass is 28.5. The van der Waals surface area contributed by atoms with Crippen LogP contribution in [0.1, 0.15) is 70.7 Å². The van der Waals surface area contributed by atoms with Gasteiger partial charge in [0.05, 0.1) is 33.0 Å². The predicted molar refractivity (Wildman–Crippen MR) is 191 cm³/mol. The predicted octanol–water partition coefficient (Wildman–Crippen LogP) is 8.26. The molecule has 12 heteroatoms. The van der Waals surface area contributed by atoms with Crippen LogP contribution >= 0.6 is 0 Å². The second-order valence-electron chi connectivity index (χ2n) is 12.2. The lowest BCUT2D eigenvalue weighted by atomic mass is 9.88. The fourth-order valence-electron chi connectivity index (χ4n) is 4.27. The molecule has 1 heterocycles. The summed E-state index contributed by atoms with van der Waals surface area (Å²) in [7, 11) is -8.59. The maximum absolute atomic E-state index is 9.61. The molecule has 2 N–H and O–H groups in total. The van der Waals surface area contributed by atoms with Crippen LogP contribution in [0.4, 0.5) is 0 Å². The number of hydrogen-bond donors (Lipinski definition) is 2. The molecule has 1 aliphatic heterocycles. The highest BCUT2D eigenvalue weighted by Crippen LogP contribution is 2.30. The van der Waals surface area contributed by atoms with Gasteiger partial charge in [0.2, 0.25) is 0 Å². The molecular formula is C29H78O8Si4. The van der Waals surface area contributed by atoms with Gasteiger partial charge >= 0.3 is 17.1 Å². The van der Waals surface area contributed by atoms with Crippen LogP contribution in [0.3, 0.4) is 0 Å². The van der Waals surface area contributed by atoms with Crippen LogP contribution in [0.25, 0.3) is 0 Å². The molecule has 0 spiro atoms. The number of ether oxygens (including phenoxy) is 3. The summed E-state index contributed by atoms with van der Waals surface area (Å²) in [5.41, 5.74) is -0.553. The molecule has 0 bridgehead atoms. The Kier molecular flexibility index (Phi) is 31.5. The van der Waals surface area contributed by atoms with Gasteiger partial charge < -0.3 is 36.8 Å². The molecule has 0 aromatic rings. The average molecular weight is 667 g/mol. The van der Waals surface area contributed by atoms with Crippen LogP contribution in [-0.2, 0) is 26.6 Å². The Morgan fingerprint density at radius 2 is 1.22 bits per heavy atom. The fourth-order valence-corrected chi connectivity index (χ4v) is 23.1. The summed E-state index contributed by atoms with van der Waals surface area (Å²) in [4.78, 5) is 0. The van der Waals surface area contributed by atoms with Crippen LogP contribution < -0.4 is 0 Å². The summed E-state index contributed by atoms with van der Waals surface area (Å²) in [6, 6.07) is 1.84. The van der Waals surface area contributed by atoms with Gasteiger partial charge in [-0.1, -0.05) is 51.5 Å². The van der Waals surface area contributed by atoms with Crippen molar-refractivity contribution in [2.24, 2.45) is 5.41 Å². The van der Waals surface area contributed by atoms with Crippen LogP contribution in [0, 0.1) is 5.41 Å². The van der Waals surface area contributed by atoms with Crippen LogP contribution in [-0.4, -0.2) is 96.3 Å². The molecule has 1 fully saturated rings. The topological polar surface area (TPSA) is 99.1 Å². The standard InChI is InChI=1S/C23H54O8Si4.6CH4/c1-10-23(19-24,20-25)21-27-14-11-15-33(5,6)30-35(9,16-12-13-26-17-22-18-28-22)31-34(7,8)29-32(2,3)4;;;;;;/h22,24-25H,10-21H2,1-9H3;6*1H4. The zero-order valence-electron chi connectivity index (χ0n) is 23.9. The third-order valence-electron chi connectivity index (χ3n) is 6.03. The Labute approximate surface area is 263 Å². The first-order valence-corrected chi connectivity index (χ1v) is 25.0. The van der Waals surface area contributed by atoms with E-state index in [0.717, 1.165) is 31.5 Å². The van der Waals surface area contributed by atoms with E-state index in [2.05, 4.69) is 52.4 Å². The van der Waals surface area contributed by atoms with Gasteiger partial charge in [-0.3, -0.25) is 0 Å². The molecule has 0 aliphatic carbocycles. The van der Waals surface area contributed by atoms with Gasteiger partial charge in [0.25, 0.3) is 0 Å². The SMILES string of the molecule is C.C.C.C.C.C.CCC(CO)(CO)COCCC[Si](C)(C)O[Si](C)(CCCOCC1CO1)O[Si](C)(C)O[Si](C)(C)C. The molecule has 8 nitrogen and oxygen atoms in total. The van der Waals surface area contributed by atoms with E-state index in [-0.39, 0.29) is 63.9 Å². The molecule has 2 unspecified atom stereocenters. The lowest BCUT2D eigenvalue weighted by Gasteiger charge is -2.42. The molecule has 0 aromatic carbocycles. The van der Waals surface area contributed by atoms with E-state index < -0.39 is 39.2 Å². The lowest BCUT2D eigenvalue weighted by molar-refractivity contribution is -0.0297. The lowest BCUT2D eigenvalue weighted by Crippen LogP contribution is -2.57. The van der Waals surface area contributed by atoms with Crippen molar-refractivity contribution in [2.45, 2.75) is 141 Å². The van der Waals surface area contributed by atoms with E-state index >= 15 is 0 Å². The summed E-state index contributed by atoms with van der Waals surface area (Å²) in [5, 5.41) is 19.2. The largest absolute Gasteiger partial charge is 0.437 e.